The molecule has 2 aromatic carbocycles. The average Bonchev–Trinajstić information content (AvgIpc) is 3.23. The van der Waals surface area contributed by atoms with E-state index in [4.69, 9.17) is 5.73 Å². The van der Waals surface area contributed by atoms with Gasteiger partial charge in [-0.25, -0.2) is 4.98 Å². The number of rotatable bonds is 2. The number of hydrogen-bond donors (Lipinski definition) is 3. The van der Waals surface area contributed by atoms with Gasteiger partial charge in [0.2, 0.25) is 0 Å². The number of aromatic nitrogens is 3. The molecule has 2 amide bonds. The van der Waals surface area contributed by atoms with E-state index in [0.29, 0.717) is 11.5 Å². The summed E-state index contributed by atoms with van der Waals surface area (Å²) in [5.74, 6) is -0.664. The number of H-pyrrole nitrogens is 1. The molecule has 5 rings (SSSR count). The average molecular weight is 371 g/mol. The second-order valence-electron chi connectivity index (χ2n) is 6.43. The van der Waals surface area contributed by atoms with Gasteiger partial charge in [-0.05, 0) is 24.3 Å². The van der Waals surface area contributed by atoms with Gasteiger partial charge in [0, 0.05) is 11.6 Å². The summed E-state index contributed by atoms with van der Waals surface area (Å²) in [5.41, 5.74) is 8.55. The maximum Gasteiger partial charge on any atom is 0.262 e. The first kappa shape index (κ1) is 16.0. The molecular weight excluding hydrogens is 358 g/mol. The largest absolute Gasteiger partial charge is 0.384 e. The van der Waals surface area contributed by atoms with Crippen LogP contribution in [0.3, 0.4) is 0 Å². The van der Waals surface area contributed by atoms with Crippen LogP contribution in [0.2, 0.25) is 0 Å². The standard InChI is InChI=1S/C20H13N5O3/c21-17-16-12(19(27)24-20(16)28)9-15(26)25(17)11-5-3-4-10(8-11)18-22-13-6-1-2-7-14(13)23-18/h1-9H,21H2,(H,22,23)(H,24,27,28). The number of amides is 2. The first-order chi connectivity index (χ1) is 13.5. The fraction of sp³-hybridized carbons (Fsp3) is 0. The van der Waals surface area contributed by atoms with E-state index >= 15 is 0 Å². The van der Waals surface area contributed by atoms with E-state index in [1.54, 1.807) is 18.2 Å². The van der Waals surface area contributed by atoms with Gasteiger partial charge in [-0.1, -0.05) is 24.3 Å². The minimum absolute atomic E-state index is 0.00260. The predicted molar refractivity (Wildman–Crippen MR) is 103 cm³/mol. The van der Waals surface area contributed by atoms with E-state index in [1.165, 1.54) is 4.57 Å². The number of pyridine rings is 1. The number of carbonyl (C=O) groups is 2. The molecule has 0 aliphatic carbocycles. The number of benzene rings is 2. The Labute approximate surface area is 157 Å². The summed E-state index contributed by atoms with van der Waals surface area (Å²) in [6.07, 6.45) is 0. The molecule has 4 N–H and O–H groups in total. The Morgan fingerprint density at radius 1 is 0.929 bits per heavy atom. The summed E-state index contributed by atoms with van der Waals surface area (Å²) in [5, 5.41) is 2.16. The summed E-state index contributed by atoms with van der Waals surface area (Å²) >= 11 is 0. The number of imidazole rings is 1. The van der Waals surface area contributed by atoms with Crippen LogP contribution in [0.4, 0.5) is 5.82 Å². The molecule has 3 heterocycles. The molecule has 0 saturated carbocycles. The van der Waals surface area contributed by atoms with Crippen molar-refractivity contribution in [2.24, 2.45) is 0 Å². The Morgan fingerprint density at radius 2 is 1.75 bits per heavy atom. The second-order valence-corrected chi connectivity index (χ2v) is 6.43. The Bertz CT molecular complexity index is 1330. The minimum atomic E-state index is -0.619. The molecule has 1 aliphatic heterocycles. The number of aromatic amines is 1. The molecule has 8 nitrogen and oxygen atoms in total. The van der Waals surface area contributed by atoms with Crippen LogP contribution < -0.4 is 16.6 Å². The van der Waals surface area contributed by atoms with E-state index in [2.05, 4.69) is 15.3 Å². The van der Waals surface area contributed by atoms with Gasteiger partial charge in [0.15, 0.2) is 0 Å². The third-order valence-electron chi connectivity index (χ3n) is 4.72. The number of nitrogens with zero attached hydrogens (tertiary/aromatic N) is 2. The summed E-state index contributed by atoms with van der Waals surface area (Å²) in [6, 6.07) is 15.8. The van der Waals surface area contributed by atoms with Crippen LogP contribution in [0.5, 0.6) is 0 Å². The fourth-order valence-corrected chi connectivity index (χ4v) is 3.43. The van der Waals surface area contributed by atoms with Crippen LogP contribution in [0.1, 0.15) is 20.7 Å². The van der Waals surface area contributed by atoms with E-state index in [9.17, 15) is 14.4 Å². The molecule has 1 aliphatic rings. The van der Waals surface area contributed by atoms with Gasteiger partial charge in [0.1, 0.15) is 11.6 Å². The highest BCUT2D eigenvalue weighted by Gasteiger charge is 2.31. The van der Waals surface area contributed by atoms with E-state index in [0.717, 1.165) is 22.7 Å². The first-order valence-corrected chi connectivity index (χ1v) is 8.50. The molecule has 0 spiro atoms. The molecule has 136 valence electrons. The van der Waals surface area contributed by atoms with E-state index in [-0.39, 0.29) is 16.9 Å². The van der Waals surface area contributed by atoms with Crippen molar-refractivity contribution in [1.82, 2.24) is 19.9 Å². The Balaban J connectivity index is 1.69. The molecule has 0 bridgehead atoms. The normalized spacial score (nSPS) is 13.0. The van der Waals surface area contributed by atoms with Gasteiger partial charge in [0.05, 0.1) is 27.8 Å². The van der Waals surface area contributed by atoms with Crippen molar-refractivity contribution >= 4 is 28.7 Å². The lowest BCUT2D eigenvalue weighted by molar-refractivity contribution is 0.0880. The maximum absolute atomic E-state index is 12.6. The Kier molecular flexibility index (Phi) is 3.23. The maximum atomic E-state index is 12.6. The van der Waals surface area contributed by atoms with Crippen LogP contribution in [0.25, 0.3) is 28.1 Å². The zero-order valence-electron chi connectivity index (χ0n) is 14.4. The summed E-state index contributed by atoms with van der Waals surface area (Å²) in [7, 11) is 0. The smallest absolute Gasteiger partial charge is 0.262 e. The van der Waals surface area contributed by atoms with Crippen molar-refractivity contribution in [2.45, 2.75) is 0 Å². The van der Waals surface area contributed by atoms with Gasteiger partial charge in [-0.2, -0.15) is 0 Å². The predicted octanol–water partition coefficient (Wildman–Crippen LogP) is 1.85. The van der Waals surface area contributed by atoms with Gasteiger partial charge < -0.3 is 10.7 Å². The monoisotopic (exact) mass is 371 g/mol. The number of para-hydroxylation sites is 2. The van der Waals surface area contributed by atoms with Crippen molar-refractivity contribution in [3.8, 4) is 17.1 Å². The van der Waals surface area contributed by atoms with Crippen LogP contribution in [0.15, 0.2) is 59.4 Å². The number of nitrogens with one attached hydrogen (secondary N) is 2. The van der Waals surface area contributed by atoms with Crippen molar-refractivity contribution < 1.29 is 9.59 Å². The third kappa shape index (κ3) is 2.25. The van der Waals surface area contributed by atoms with Crippen molar-refractivity contribution in [1.29, 1.82) is 0 Å². The number of nitrogen functional groups attached to an aromatic ring is 1. The van der Waals surface area contributed by atoms with E-state index in [1.807, 2.05) is 30.3 Å². The molecule has 2 aromatic heterocycles. The molecular formula is C20H13N5O3. The molecule has 0 atom stereocenters. The minimum Gasteiger partial charge on any atom is -0.384 e. The van der Waals surface area contributed by atoms with E-state index < -0.39 is 17.4 Å². The van der Waals surface area contributed by atoms with Crippen LogP contribution in [0, 0.1) is 0 Å². The van der Waals surface area contributed by atoms with Gasteiger partial charge in [0.25, 0.3) is 17.4 Å². The molecule has 0 saturated heterocycles. The fourth-order valence-electron chi connectivity index (χ4n) is 3.43. The topological polar surface area (TPSA) is 123 Å². The number of fused-ring (bicyclic) bond motifs is 2. The SMILES string of the molecule is Nc1c2c(cc(=O)n1-c1cccc(-c3nc4ccccc4[nH]3)c1)C(=O)NC2=O. The highest BCUT2D eigenvalue weighted by molar-refractivity contribution is 6.23. The molecule has 4 aromatic rings. The summed E-state index contributed by atoms with van der Waals surface area (Å²) < 4.78 is 1.21. The number of hydrogen-bond acceptors (Lipinski definition) is 5. The quantitative estimate of drug-likeness (QED) is 0.464. The highest BCUT2D eigenvalue weighted by Crippen LogP contribution is 2.26. The Hall–Kier alpha value is -4.20. The molecule has 8 heteroatoms. The third-order valence-corrected chi connectivity index (χ3v) is 4.72. The van der Waals surface area contributed by atoms with Gasteiger partial charge in [-0.3, -0.25) is 24.3 Å². The van der Waals surface area contributed by atoms with Crippen molar-refractivity contribution in [3.05, 3.63) is 76.1 Å². The van der Waals surface area contributed by atoms with Crippen molar-refractivity contribution in [3.63, 3.8) is 0 Å². The molecule has 28 heavy (non-hydrogen) atoms. The Morgan fingerprint density at radius 3 is 2.57 bits per heavy atom. The van der Waals surface area contributed by atoms with Crippen LogP contribution in [-0.4, -0.2) is 26.3 Å². The second kappa shape index (κ2) is 5.65. The van der Waals surface area contributed by atoms with Gasteiger partial charge >= 0.3 is 0 Å². The lowest BCUT2D eigenvalue weighted by Crippen LogP contribution is -2.24. The van der Waals surface area contributed by atoms with Gasteiger partial charge in [-0.15, -0.1) is 0 Å². The number of imide groups is 1. The van der Waals surface area contributed by atoms with Crippen LogP contribution >= 0.6 is 0 Å². The summed E-state index contributed by atoms with van der Waals surface area (Å²) in [6.45, 7) is 0. The van der Waals surface area contributed by atoms with Crippen molar-refractivity contribution in [2.75, 3.05) is 5.73 Å². The highest BCUT2D eigenvalue weighted by atomic mass is 16.2. The zero-order chi connectivity index (χ0) is 19.4. The number of carbonyl (C=O) groups excluding carboxylic acids is 2. The molecule has 0 unspecified atom stereocenters. The summed E-state index contributed by atoms with van der Waals surface area (Å²) in [4.78, 5) is 44.2. The zero-order valence-corrected chi connectivity index (χ0v) is 14.4. The van der Waals surface area contributed by atoms with Crippen LogP contribution in [-0.2, 0) is 0 Å². The molecule has 0 radical (unpaired) electrons. The lowest BCUT2D eigenvalue weighted by atomic mass is 10.1. The number of anilines is 1. The number of nitrogens with two attached hydrogens (primary N) is 1. The lowest BCUT2D eigenvalue weighted by Gasteiger charge is -2.12. The first-order valence-electron chi connectivity index (χ1n) is 8.50. The molecule has 0 fully saturated rings.